The number of nitrogens with zero attached hydrogens (tertiary/aromatic N) is 1. The van der Waals surface area contributed by atoms with Crippen molar-refractivity contribution in [2.24, 2.45) is 5.73 Å². The molecule has 0 aromatic heterocycles. The van der Waals surface area contributed by atoms with E-state index in [1.807, 2.05) is 30.3 Å². The van der Waals surface area contributed by atoms with Crippen LogP contribution in [0.1, 0.15) is 11.5 Å². The third-order valence-corrected chi connectivity index (χ3v) is 4.45. The first-order chi connectivity index (χ1) is 11.1. The molecule has 1 aliphatic rings. The third kappa shape index (κ3) is 3.66. The minimum Gasteiger partial charge on any atom is -0.482 e. The number of amides is 1. The van der Waals surface area contributed by atoms with Crippen LogP contribution >= 0.6 is 11.6 Å². The minimum atomic E-state index is -0.0706. The van der Waals surface area contributed by atoms with Gasteiger partial charge in [0.25, 0.3) is 5.91 Å². The summed E-state index contributed by atoms with van der Waals surface area (Å²) in [6.07, 6.45) is 0. The zero-order valence-corrected chi connectivity index (χ0v) is 13.4. The third-order valence-electron chi connectivity index (χ3n) is 4.13. The van der Waals surface area contributed by atoms with Crippen molar-refractivity contribution in [3.8, 4) is 5.75 Å². The van der Waals surface area contributed by atoms with Crippen LogP contribution in [0.15, 0.2) is 54.6 Å². The van der Waals surface area contributed by atoms with Crippen molar-refractivity contribution >= 4 is 17.5 Å². The van der Waals surface area contributed by atoms with Gasteiger partial charge in [-0.2, -0.15) is 0 Å². The van der Waals surface area contributed by atoms with Crippen LogP contribution in [0.25, 0.3) is 0 Å². The van der Waals surface area contributed by atoms with Crippen molar-refractivity contribution in [3.63, 3.8) is 0 Å². The summed E-state index contributed by atoms with van der Waals surface area (Å²) in [5.41, 5.74) is 7.38. The maximum Gasteiger partial charge on any atom is 0.260 e. The Morgan fingerprint density at radius 1 is 1.13 bits per heavy atom. The molecule has 0 aliphatic carbocycles. The maximum absolute atomic E-state index is 12.4. The van der Waals surface area contributed by atoms with Gasteiger partial charge < -0.3 is 15.4 Å². The second-order valence-electron chi connectivity index (χ2n) is 5.70. The summed E-state index contributed by atoms with van der Waals surface area (Å²) in [6.45, 7) is 1.14. The van der Waals surface area contributed by atoms with E-state index in [4.69, 9.17) is 22.1 Å². The summed E-state index contributed by atoms with van der Waals surface area (Å²) >= 11 is 6.02. The fourth-order valence-electron chi connectivity index (χ4n) is 2.88. The lowest BCUT2D eigenvalue weighted by Crippen LogP contribution is -2.35. The van der Waals surface area contributed by atoms with E-state index < -0.39 is 0 Å². The van der Waals surface area contributed by atoms with Gasteiger partial charge >= 0.3 is 0 Å². The maximum atomic E-state index is 12.4. The quantitative estimate of drug-likeness (QED) is 0.937. The van der Waals surface area contributed by atoms with Crippen LogP contribution in [0.4, 0.5) is 0 Å². The monoisotopic (exact) mass is 330 g/mol. The molecule has 2 aromatic rings. The highest BCUT2D eigenvalue weighted by molar-refractivity contribution is 6.32. The van der Waals surface area contributed by atoms with Crippen LogP contribution in [0.5, 0.6) is 5.75 Å². The molecule has 2 aromatic carbocycles. The van der Waals surface area contributed by atoms with E-state index in [0.717, 1.165) is 0 Å². The van der Waals surface area contributed by atoms with Crippen molar-refractivity contribution in [2.45, 2.75) is 12.0 Å². The summed E-state index contributed by atoms with van der Waals surface area (Å²) < 4.78 is 5.52. The fraction of sp³-hybridized carbons (Fsp3) is 0.278. The molecular weight excluding hydrogens is 312 g/mol. The van der Waals surface area contributed by atoms with Crippen LogP contribution < -0.4 is 10.5 Å². The smallest absolute Gasteiger partial charge is 0.260 e. The predicted octanol–water partition coefficient (Wildman–Crippen LogP) is 2.67. The SMILES string of the molecule is N[C@@H]1CN(C(=O)COc2ccccc2Cl)C[C@H]1c1ccccc1. The molecule has 4 nitrogen and oxygen atoms in total. The number of rotatable bonds is 4. The molecule has 3 rings (SSSR count). The first-order valence-electron chi connectivity index (χ1n) is 7.61. The van der Waals surface area contributed by atoms with Gasteiger partial charge in [0, 0.05) is 25.0 Å². The second-order valence-corrected chi connectivity index (χ2v) is 6.11. The molecule has 23 heavy (non-hydrogen) atoms. The summed E-state index contributed by atoms with van der Waals surface area (Å²) in [5, 5.41) is 0.501. The Labute approximate surface area is 140 Å². The van der Waals surface area contributed by atoms with E-state index in [1.54, 1.807) is 17.0 Å². The number of hydrogen-bond donors (Lipinski definition) is 1. The number of para-hydroxylation sites is 1. The van der Waals surface area contributed by atoms with Gasteiger partial charge in [0.05, 0.1) is 5.02 Å². The van der Waals surface area contributed by atoms with Crippen molar-refractivity contribution < 1.29 is 9.53 Å². The lowest BCUT2D eigenvalue weighted by Gasteiger charge is -2.17. The normalized spacial score (nSPS) is 20.5. The van der Waals surface area contributed by atoms with Gasteiger partial charge in [-0.15, -0.1) is 0 Å². The van der Waals surface area contributed by atoms with Crippen LogP contribution in [0.2, 0.25) is 5.02 Å². The lowest BCUT2D eigenvalue weighted by molar-refractivity contribution is -0.132. The van der Waals surface area contributed by atoms with E-state index in [2.05, 4.69) is 12.1 Å². The minimum absolute atomic E-state index is 0.0298. The molecule has 0 radical (unpaired) electrons. The largest absolute Gasteiger partial charge is 0.482 e. The Kier molecular flexibility index (Phi) is 4.84. The van der Waals surface area contributed by atoms with Crippen molar-refractivity contribution in [2.75, 3.05) is 19.7 Å². The summed E-state index contributed by atoms with van der Waals surface area (Å²) in [4.78, 5) is 14.1. The lowest BCUT2D eigenvalue weighted by atomic mass is 9.95. The molecule has 1 fully saturated rings. The summed E-state index contributed by atoms with van der Waals surface area (Å²) in [7, 11) is 0. The molecular formula is C18H19ClN2O2. The zero-order valence-electron chi connectivity index (χ0n) is 12.7. The molecule has 0 saturated carbocycles. The van der Waals surface area contributed by atoms with Gasteiger partial charge in [-0.1, -0.05) is 54.1 Å². The van der Waals surface area contributed by atoms with E-state index in [1.165, 1.54) is 5.56 Å². The number of benzene rings is 2. The predicted molar refractivity (Wildman–Crippen MR) is 90.7 cm³/mol. The number of nitrogens with two attached hydrogens (primary N) is 1. The molecule has 0 spiro atoms. The molecule has 2 atom stereocenters. The molecule has 120 valence electrons. The van der Waals surface area contributed by atoms with Crippen LogP contribution in [0, 0.1) is 0 Å². The second kappa shape index (κ2) is 7.02. The van der Waals surface area contributed by atoms with Crippen LogP contribution in [-0.4, -0.2) is 36.5 Å². The summed E-state index contributed by atoms with van der Waals surface area (Å²) in [5.74, 6) is 0.616. The van der Waals surface area contributed by atoms with Gasteiger partial charge in [-0.25, -0.2) is 0 Å². The molecule has 1 heterocycles. The number of halogens is 1. The summed E-state index contributed by atoms with van der Waals surface area (Å²) in [6, 6.07) is 17.1. The average molecular weight is 331 g/mol. The highest BCUT2D eigenvalue weighted by atomic mass is 35.5. The zero-order chi connectivity index (χ0) is 16.2. The Morgan fingerprint density at radius 2 is 1.83 bits per heavy atom. The number of carbonyl (C=O) groups is 1. The van der Waals surface area contributed by atoms with Crippen LogP contribution in [-0.2, 0) is 4.79 Å². The number of likely N-dealkylation sites (tertiary alicyclic amines) is 1. The van der Waals surface area contributed by atoms with E-state index in [9.17, 15) is 4.79 Å². The highest BCUT2D eigenvalue weighted by Crippen LogP contribution is 2.27. The highest BCUT2D eigenvalue weighted by Gasteiger charge is 2.33. The molecule has 0 unspecified atom stereocenters. The molecule has 0 bridgehead atoms. The first-order valence-corrected chi connectivity index (χ1v) is 7.98. The number of hydrogen-bond acceptors (Lipinski definition) is 3. The number of carbonyl (C=O) groups excluding carboxylic acids is 1. The van der Waals surface area contributed by atoms with Gasteiger partial charge in [0.1, 0.15) is 5.75 Å². The molecule has 5 heteroatoms. The Hall–Kier alpha value is -2.04. The standard InChI is InChI=1S/C18H19ClN2O2/c19-15-8-4-5-9-17(15)23-12-18(22)21-10-14(16(20)11-21)13-6-2-1-3-7-13/h1-9,14,16H,10-12,20H2/t14-,16+/m0/s1. The van der Waals surface area contributed by atoms with Gasteiger partial charge in [-0.05, 0) is 17.7 Å². The topological polar surface area (TPSA) is 55.6 Å². The Morgan fingerprint density at radius 3 is 2.57 bits per heavy atom. The molecule has 1 aliphatic heterocycles. The van der Waals surface area contributed by atoms with Gasteiger partial charge in [-0.3, -0.25) is 4.79 Å². The molecule has 1 saturated heterocycles. The Balaban J connectivity index is 1.60. The van der Waals surface area contributed by atoms with Gasteiger partial charge in [0.2, 0.25) is 0 Å². The first kappa shape index (κ1) is 15.8. The number of ether oxygens (including phenoxy) is 1. The van der Waals surface area contributed by atoms with E-state index in [-0.39, 0.29) is 24.5 Å². The van der Waals surface area contributed by atoms with Gasteiger partial charge in [0.15, 0.2) is 6.61 Å². The van der Waals surface area contributed by atoms with Crippen molar-refractivity contribution in [3.05, 3.63) is 65.2 Å². The Bertz CT molecular complexity index is 678. The van der Waals surface area contributed by atoms with E-state index in [0.29, 0.717) is 23.9 Å². The van der Waals surface area contributed by atoms with Crippen molar-refractivity contribution in [1.82, 2.24) is 4.90 Å². The molecule has 2 N–H and O–H groups in total. The molecule has 1 amide bonds. The average Bonchev–Trinajstić information content (AvgIpc) is 2.96. The fourth-order valence-corrected chi connectivity index (χ4v) is 3.07. The van der Waals surface area contributed by atoms with E-state index >= 15 is 0 Å². The van der Waals surface area contributed by atoms with Crippen LogP contribution in [0.3, 0.4) is 0 Å². The van der Waals surface area contributed by atoms with Crippen molar-refractivity contribution in [1.29, 1.82) is 0 Å².